The van der Waals surface area contributed by atoms with E-state index in [4.69, 9.17) is 42.5 Å². The number of aromatic hydroxyl groups is 4. The topological polar surface area (TPSA) is 284 Å². The van der Waals surface area contributed by atoms with Crippen LogP contribution >= 0.6 is 23.2 Å². The van der Waals surface area contributed by atoms with Crippen molar-refractivity contribution in [3.8, 4) is 23.0 Å². The predicted molar refractivity (Wildman–Crippen MR) is 403 cm³/mol. The van der Waals surface area contributed by atoms with Gasteiger partial charge in [-0.05, 0) is 199 Å². The number of phenols is 4. The van der Waals surface area contributed by atoms with E-state index in [1.54, 1.807) is 47.6 Å². The molecular weight excluding hydrogens is 1410 g/mol. The SMILES string of the molecule is CC(C)=CCC/C=C/CO.CC(C)=CCC/C=C/Cc1c(O)c(Cl)c(C)c(C=O)c1O.CC(C)=CCCC=O.CCOC(=O)C(CC=C(C)C)C(=O)OCC.CCOC(=O)CC(=O)OCC.CCOC(=O)CCC=C(C)C.Cc1c(Cl)c(O)c(CCCCCCC(C)C)c(O)c1C=O.[CH3-].[Pd]. The van der Waals surface area contributed by atoms with Crippen molar-refractivity contribution in [3.05, 3.63) is 133 Å². The van der Waals surface area contributed by atoms with Crippen molar-refractivity contribution in [2.45, 2.75) is 241 Å². The van der Waals surface area contributed by atoms with Gasteiger partial charge in [-0.2, -0.15) is 0 Å². The maximum absolute atomic E-state index is 11.5. The van der Waals surface area contributed by atoms with E-state index in [0.717, 1.165) is 75.6 Å². The van der Waals surface area contributed by atoms with Gasteiger partial charge in [-0.15, -0.1) is 0 Å². The van der Waals surface area contributed by atoms with Crippen LogP contribution < -0.4 is 0 Å². The minimum absolute atomic E-state index is 0. The van der Waals surface area contributed by atoms with Gasteiger partial charge in [0, 0.05) is 44.4 Å². The predicted octanol–water partition coefficient (Wildman–Crippen LogP) is 19.3. The summed E-state index contributed by atoms with van der Waals surface area (Å²) < 4.78 is 23.5. The summed E-state index contributed by atoms with van der Waals surface area (Å²) in [4.78, 5) is 86.8. The van der Waals surface area contributed by atoms with Crippen LogP contribution in [0.1, 0.15) is 257 Å². The van der Waals surface area contributed by atoms with Crippen molar-refractivity contribution < 1.29 is 108 Å². The zero-order chi connectivity index (χ0) is 76.1. The molecule has 100 heavy (non-hydrogen) atoms. The summed E-state index contributed by atoms with van der Waals surface area (Å²) in [5.41, 5.74) is 8.00. The van der Waals surface area contributed by atoms with Crippen LogP contribution in [0.15, 0.2) is 82.5 Å². The third-order valence-electron chi connectivity index (χ3n) is 13.1. The van der Waals surface area contributed by atoms with Crippen LogP contribution in [0.4, 0.5) is 0 Å². The Morgan fingerprint density at radius 2 is 0.830 bits per heavy atom. The molecule has 0 saturated heterocycles. The number of halogens is 2. The molecule has 0 saturated carbocycles. The van der Waals surface area contributed by atoms with E-state index in [-0.39, 0.29) is 123 Å². The number of phenolic OH excluding ortho intramolecular Hbond substituents is 4. The summed E-state index contributed by atoms with van der Waals surface area (Å²) >= 11 is 12.0. The molecule has 18 nitrogen and oxygen atoms in total. The zero-order valence-corrected chi connectivity index (χ0v) is 67.0. The third-order valence-corrected chi connectivity index (χ3v) is 14.0. The second-order valence-electron chi connectivity index (χ2n) is 23.7. The molecule has 21 heteroatoms. The summed E-state index contributed by atoms with van der Waals surface area (Å²) in [5, 5.41) is 48.9. The molecule has 2 aromatic rings. The number of aldehydes is 3. The van der Waals surface area contributed by atoms with E-state index in [9.17, 15) is 58.8 Å². The fourth-order valence-corrected chi connectivity index (χ4v) is 8.39. The van der Waals surface area contributed by atoms with Gasteiger partial charge in [0.1, 0.15) is 35.7 Å². The molecule has 0 fully saturated rings. The number of esters is 5. The normalized spacial score (nSPS) is 9.84. The molecule has 2 rings (SSSR count). The summed E-state index contributed by atoms with van der Waals surface area (Å²) in [6.07, 6.45) is 33.1. The number of hydrogen-bond donors (Lipinski definition) is 5. The molecule has 0 aromatic heterocycles. The van der Waals surface area contributed by atoms with Gasteiger partial charge in [0.15, 0.2) is 18.5 Å². The third kappa shape index (κ3) is 58.1. The van der Waals surface area contributed by atoms with Crippen LogP contribution in [0.2, 0.25) is 10.0 Å². The number of benzene rings is 2. The number of carbonyl (C=O) groups is 8. The maximum Gasteiger partial charge on any atom is 0.320 e. The Hall–Kier alpha value is -6.62. The maximum atomic E-state index is 11.5. The summed E-state index contributed by atoms with van der Waals surface area (Å²) in [6, 6.07) is 0. The fraction of sp³-hybridized carbons (Fsp3) is 0.557. The van der Waals surface area contributed by atoms with Crippen molar-refractivity contribution in [1.29, 1.82) is 0 Å². The van der Waals surface area contributed by atoms with Gasteiger partial charge in [0.05, 0.1) is 60.8 Å². The molecule has 2 aromatic carbocycles. The quantitative estimate of drug-likeness (QED) is 0.00626. The van der Waals surface area contributed by atoms with Gasteiger partial charge >= 0.3 is 29.8 Å². The standard InChI is InChI=1S/C17H25ClO3.C17H21ClO3.C12H20O4.C9H16O2.C9H16O.C7H12O4.C7H12O.CH3.Pd/c2*1-11(2)8-6-4-5-7-9-13-16(20)14(10-19)12(3)15(18)17(13)21;1-5-15-11(13)10(8-7-9(3)4)12(14)16-6-2;1-4-11-9(10)7-5-6-8(2)3;1-9(2)7-5-3-4-6-8-10;1-3-10-6(8)5-7(9)11-4-2;1-7(2)5-3-4-6-8;;/h10-11,20-21H,4-9H2,1-3H3;5,7-8,10,20-21H,4,6,9H2,1-3H3;7,10H,5-6,8H2,1-4H3;6H,4-5,7H2,1-3H3;4,6-7,10H,3,5,8H2,1-2H3;3-5H2,1-2H3;5-6H,3-4H2,1-2H3;1H3;/q;;;;;;;-1;/b;7-5+;;;6-4+;;;;. The minimum Gasteiger partial charge on any atom is -0.507 e. The second kappa shape index (κ2) is 69.5. The molecule has 5 N–H and O–H groups in total. The van der Waals surface area contributed by atoms with Crippen LogP contribution in [0.3, 0.4) is 0 Å². The molecular formula is C79H125Cl2O18Pd-. The Kier molecular flexibility index (Phi) is 74.2. The van der Waals surface area contributed by atoms with E-state index >= 15 is 0 Å². The van der Waals surface area contributed by atoms with Crippen molar-refractivity contribution in [3.63, 3.8) is 0 Å². The molecule has 0 aliphatic heterocycles. The zero-order valence-electron chi connectivity index (χ0n) is 64.0. The molecule has 0 heterocycles. The fourth-order valence-electron chi connectivity index (χ4n) is 7.96. The number of unbranched alkanes of at least 4 members (excludes halogenated alkanes) is 6. The number of aliphatic hydroxyl groups is 1. The van der Waals surface area contributed by atoms with E-state index in [2.05, 4.69) is 69.2 Å². The smallest absolute Gasteiger partial charge is 0.320 e. The van der Waals surface area contributed by atoms with E-state index in [1.165, 1.54) is 35.1 Å². The van der Waals surface area contributed by atoms with E-state index < -0.39 is 29.8 Å². The molecule has 0 amide bonds. The van der Waals surface area contributed by atoms with Crippen LogP contribution in [0.5, 0.6) is 23.0 Å². The first-order valence-corrected chi connectivity index (χ1v) is 34.7. The average Bonchev–Trinajstić information content (AvgIpc) is 0.806. The van der Waals surface area contributed by atoms with Crippen LogP contribution in [0, 0.1) is 33.1 Å². The first-order valence-electron chi connectivity index (χ1n) is 33.9. The van der Waals surface area contributed by atoms with Gasteiger partial charge in [-0.3, -0.25) is 33.6 Å². The van der Waals surface area contributed by atoms with Crippen LogP contribution in [0.25, 0.3) is 0 Å². The number of carbonyl (C=O) groups excluding carboxylic acids is 8. The Morgan fingerprint density at radius 3 is 1.21 bits per heavy atom. The van der Waals surface area contributed by atoms with Gasteiger partial charge < -0.3 is 61.4 Å². The van der Waals surface area contributed by atoms with Crippen molar-refractivity contribution in [2.24, 2.45) is 11.8 Å². The summed E-state index contributed by atoms with van der Waals surface area (Å²) in [6.45, 7) is 38.2. The molecule has 0 spiro atoms. The first kappa shape index (κ1) is 107. The van der Waals surface area contributed by atoms with Gasteiger partial charge in [-0.1, -0.05) is 145 Å². The Labute approximate surface area is 624 Å². The van der Waals surface area contributed by atoms with Crippen LogP contribution in [-0.2, 0) is 85.7 Å². The van der Waals surface area contributed by atoms with Gasteiger partial charge in [0.2, 0.25) is 0 Å². The van der Waals surface area contributed by atoms with E-state index in [1.807, 2.05) is 78.8 Å². The van der Waals surface area contributed by atoms with Crippen molar-refractivity contribution >= 4 is 71.9 Å². The number of aliphatic hydroxyl groups excluding tert-OH is 1. The van der Waals surface area contributed by atoms with Crippen molar-refractivity contribution in [1.82, 2.24) is 0 Å². The second-order valence-corrected chi connectivity index (χ2v) is 24.5. The number of ether oxygens (including phenoxy) is 5. The summed E-state index contributed by atoms with van der Waals surface area (Å²) in [7, 11) is 0. The number of hydrogen-bond acceptors (Lipinski definition) is 18. The molecule has 574 valence electrons. The Balaban J connectivity index is -0.000000207. The molecule has 0 atom stereocenters. The molecule has 0 radical (unpaired) electrons. The van der Waals surface area contributed by atoms with E-state index in [0.29, 0.717) is 68.0 Å². The number of rotatable bonds is 35. The Morgan fingerprint density at radius 1 is 0.460 bits per heavy atom. The molecule has 0 aliphatic carbocycles. The summed E-state index contributed by atoms with van der Waals surface area (Å²) in [5.74, 6) is -2.91. The largest absolute Gasteiger partial charge is 0.507 e. The first-order chi connectivity index (χ1) is 46.2. The number of allylic oxidation sites excluding steroid dienone is 13. The monoisotopic (exact) mass is 1540 g/mol. The molecule has 0 aliphatic rings. The van der Waals surface area contributed by atoms with Crippen molar-refractivity contribution in [2.75, 3.05) is 39.6 Å². The molecule has 0 unspecified atom stereocenters. The minimum atomic E-state index is -0.838. The Bertz CT molecular complexity index is 2810. The van der Waals surface area contributed by atoms with Gasteiger partial charge in [-0.25, -0.2) is 0 Å². The van der Waals surface area contributed by atoms with Crippen LogP contribution in [-0.4, -0.2) is 114 Å². The average molecular weight is 1540 g/mol. The molecule has 0 bridgehead atoms. The van der Waals surface area contributed by atoms with Gasteiger partial charge in [0.25, 0.3) is 0 Å².